The average molecular weight is 247 g/mol. The molecule has 100 valence electrons. The van der Waals surface area contributed by atoms with Crippen molar-refractivity contribution in [2.75, 3.05) is 13.2 Å². The minimum Gasteiger partial charge on any atom is -0.376 e. The molecule has 2 rings (SSSR count). The third-order valence-electron chi connectivity index (χ3n) is 3.64. The van der Waals surface area contributed by atoms with Crippen molar-refractivity contribution in [2.45, 2.75) is 51.2 Å². The maximum Gasteiger partial charge on any atom is 0.0665 e. The minimum atomic E-state index is 0.340. The second-order valence-electron chi connectivity index (χ2n) is 5.16. The largest absolute Gasteiger partial charge is 0.376 e. The highest BCUT2D eigenvalue weighted by atomic mass is 16.5. The first-order chi connectivity index (χ1) is 8.90. The van der Waals surface area contributed by atoms with E-state index in [-0.39, 0.29) is 0 Å². The van der Waals surface area contributed by atoms with E-state index in [2.05, 4.69) is 42.6 Å². The molecule has 1 atom stereocenters. The molecule has 1 aliphatic carbocycles. The van der Waals surface area contributed by atoms with Gasteiger partial charge in [0.05, 0.1) is 18.8 Å². The molecule has 0 saturated heterocycles. The lowest BCUT2D eigenvalue weighted by Crippen LogP contribution is -2.28. The van der Waals surface area contributed by atoms with E-state index in [1.165, 1.54) is 31.2 Å². The molecule has 1 saturated carbocycles. The van der Waals surface area contributed by atoms with Crippen LogP contribution in [0.5, 0.6) is 0 Å². The van der Waals surface area contributed by atoms with E-state index in [4.69, 9.17) is 4.74 Å². The predicted octanol–water partition coefficient (Wildman–Crippen LogP) is 3.69. The van der Waals surface area contributed by atoms with Crippen LogP contribution in [0.1, 0.15) is 50.6 Å². The van der Waals surface area contributed by atoms with Crippen LogP contribution >= 0.6 is 0 Å². The monoisotopic (exact) mass is 247 g/mol. The van der Waals surface area contributed by atoms with Crippen molar-refractivity contribution in [3.63, 3.8) is 0 Å². The summed E-state index contributed by atoms with van der Waals surface area (Å²) < 4.78 is 6.05. The number of nitrogens with one attached hydrogen (secondary N) is 1. The van der Waals surface area contributed by atoms with Gasteiger partial charge in [-0.25, -0.2) is 0 Å². The van der Waals surface area contributed by atoms with Gasteiger partial charge in [-0.05, 0) is 31.4 Å². The lowest BCUT2D eigenvalue weighted by Gasteiger charge is -2.21. The Balaban J connectivity index is 1.87. The number of hydrogen-bond acceptors (Lipinski definition) is 2. The lowest BCUT2D eigenvalue weighted by molar-refractivity contribution is 0.0426. The highest BCUT2D eigenvalue weighted by Gasteiger charge is 2.18. The zero-order chi connectivity index (χ0) is 12.6. The summed E-state index contributed by atoms with van der Waals surface area (Å²) >= 11 is 0. The van der Waals surface area contributed by atoms with Crippen molar-refractivity contribution >= 4 is 0 Å². The van der Waals surface area contributed by atoms with Crippen molar-refractivity contribution < 1.29 is 4.74 Å². The van der Waals surface area contributed by atoms with Gasteiger partial charge < -0.3 is 10.1 Å². The molecule has 1 N–H and O–H groups in total. The van der Waals surface area contributed by atoms with Gasteiger partial charge in [-0.3, -0.25) is 0 Å². The Morgan fingerprint density at radius 2 is 1.94 bits per heavy atom. The van der Waals surface area contributed by atoms with Crippen LogP contribution in [-0.2, 0) is 4.74 Å². The van der Waals surface area contributed by atoms with E-state index < -0.39 is 0 Å². The van der Waals surface area contributed by atoms with E-state index >= 15 is 0 Å². The minimum absolute atomic E-state index is 0.340. The van der Waals surface area contributed by atoms with Crippen LogP contribution in [0.4, 0.5) is 0 Å². The van der Waals surface area contributed by atoms with Crippen LogP contribution in [0, 0.1) is 0 Å². The van der Waals surface area contributed by atoms with Gasteiger partial charge in [0.2, 0.25) is 0 Å². The summed E-state index contributed by atoms with van der Waals surface area (Å²) in [6.07, 6.45) is 6.82. The fraction of sp³-hybridized carbons (Fsp3) is 0.625. The maximum atomic E-state index is 6.05. The molecular weight excluding hydrogens is 222 g/mol. The van der Waals surface area contributed by atoms with Gasteiger partial charge in [0.25, 0.3) is 0 Å². The zero-order valence-corrected chi connectivity index (χ0v) is 11.4. The molecule has 0 aromatic heterocycles. The van der Waals surface area contributed by atoms with E-state index in [1.807, 2.05) is 0 Å². The fourth-order valence-electron chi connectivity index (χ4n) is 2.56. The normalized spacial score (nSPS) is 18.1. The average Bonchev–Trinajstić information content (AvgIpc) is 2.93. The molecular formula is C16H25NO. The van der Waals surface area contributed by atoms with Gasteiger partial charge in [0, 0.05) is 0 Å². The first kappa shape index (κ1) is 13.6. The molecule has 18 heavy (non-hydrogen) atoms. The molecule has 1 aromatic carbocycles. The molecule has 0 aliphatic heterocycles. The Bertz CT molecular complexity index is 319. The Kier molecular flexibility index (Phi) is 5.69. The van der Waals surface area contributed by atoms with Gasteiger partial charge in [0.15, 0.2) is 0 Å². The van der Waals surface area contributed by atoms with Crippen LogP contribution in [0.25, 0.3) is 0 Å². The van der Waals surface area contributed by atoms with Crippen LogP contribution in [0.3, 0.4) is 0 Å². The van der Waals surface area contributed by atoms with Crippen molar-refractivity contribution in [3.05, 3.63) is 35.9 Å². The summed E-state index contributed by atoms with van der Waals surface area (Å²) in [5, 5.41) is 3.58. The molecule has 0 spiro atoms. The molecule has 1 fully saturated rings. The van der Waals surface area contributed by atoms with E-state index in [9.17, 15) is 0 Å². The van der Waals surface area contributed by atoms with Crippen molar-refractivity contribution in [1.82, 2.24) is 5.32 Å². The van der Waals surface area contributed by atoms with E-state index in [0.717, 1.165) is 19.6 Å². The van der Waals surface area contributed by atoms with Crippen molar-refractivity contribution in [2.24, 2.45) is 0 Å². The molecule has 0 heterocycles. The first-order valence-corrected chi connectivity index (χ1v) is 7.30. The van der Waals surface area contributed by atoms with Crippen LogP contribution in [0.15, 0.2) is 30.3 Å². The molecule has 1 aliphatic rings. The SMILES string of the molecule is CCCNC(COC1CCCC1)c1ccccc1. The van der Waals surface area contributed by atoms with E-state index in [0.29, 0.717) is 12.1 Å². The third-order valence-corrected chi connectivity index (χ3v) is 3.64. The highest BCUT2D eigenvalue weighted by molar-refractivity contribution is 5.18. The lowest BCUT2D eigenvalue weighted by atomic mass is 10.1. The molecule has 1 aromatic rings. The summed E-state index contributed by atoms with van der Waals surface area (Å²) in [5.41, 5.74) is 1.34. The molecule has 0 radical (unpaired) electrons. The second-order valence-corrected chi connectivity index (χ2v) is 5.16. The second kappa shape index (κ2) is 7.55. The summed E-state index contributed by atoms with van der Waals surface area (Å²) in [5.74, 6) is 0. The quantitative estimate of drug-likeness (QED) is 0.793. The summed E-state index contributed by atoms with van der Waals surface area (Å²) in [7, 11) is 0. The van der Waals surface area contributed by atoms with Gasteiger partial charge in [-0.2, -0.15) is 0 Å². The Morgan fingerprint density at radius 3 is 2.61 bits per heavy atom. The first-order valence-electron chi connectivity index (χ1n) is 7.30. The maximum absolute atomic E-state index is 6.05. The molecule has 0 bridgehead atoms. The standard InChI is InChI=1S/C16H25NO/c1-2-12-17-16(14-8-4-3-5-9-14)13-18-15-10-6-7-11-15/h3-5,8-9,15-17H,2,6-7,10-13H2,1H3. The number of hydrogen-bond donors (Lipinski definition) is 1. The molecule has 2 heteroatoms. The van der Waals surface area contributed by atoms with Crippen molar-refractivity contribution in [3.8, 4) is 0 Å². The van der Waals surface area contributed by atoms with Gasteiger partial charge in [-0.1, -0.05) is 50.1 Å². The molecule has 0 amide bonds. The van der Waals surface area contributed by atoms with Crippen LogP contribution < -0.4 is 5.32 Å². The van der Waals surface area contributed by atoms with Crippen molar-refractivity contribution in [1.29, 1.82) is 0 Å². The third kappa shape index (κ3) is 4.11. The Hall–Kier alpha value is -0.860. The van der Waals surface area contributed by atoms with Crippen LogP contribution in [-0.4, -0.2) is 19.3 Å². The smallest absolute Gasteiger partial charge is 0.0665 e. The number of ether oxygens (including phenoxy) is 1. The Morgan fingerprint density at radius 1 is 1.22 bits per heavy atom. The highest BCUT2D eigenvalue weighted by Crippen LogP contribution is 2.23. The zero-order valence-electron chi connectivity index (χ0n) is 11.4. The van der Waals surface area contributed by atoms with Gasteiger partial charge in [-0.15, -0.1) is 0 Å². The summed E-state index contributed by atoms with van der Waals surface area (Å²) in [6.45, 7) is 4.05. The Labute approximate surface area is 111 Å². The summed E-state index contributed by atoms with van der Waals surface area (Å²) in [6, 6.07) is 11.0. The van der Waals surface area contributed by atoms with E-state index in [1.54, 1.807) is 0 Å². The topological polar surface area (TPSA) is 21.3 Å². The number of benzene rings is 1. The summed E-state index contributed by atoms with van der Waals surface area (Å²) in [4.78, 5) is 0. The predicted molar refractivity (Wildman–Crippen MR) is 75.7 cm³/mol. The van der Waals surface area contributed by atoms with Gasteiger partial charge in [0.1, 0.15) is 0 Å². The van der Waals surface area contributed by atoms with Gasteiger partial charge >= 0.3 is 0 Å². The fourth-order valence-corrected chi connectivity index (χ4v) is 2.56. The van der Waals surface area contributed by atoms with Crippen LogP contribution in [0.2, 0.25) is 0 Å². The molecule has 2 nitrogen and oxygen atoms in total. The number of rotatable bonds is 7. The molecule has 1 unspecified atom stereocenters.